The SMILES string of the molecule is Cc1ccc([C@@H](C(=O)O)N2CCOCC2)c(-n2cccn2)c1. The maximum atomic E-state index is 11.9. The van der Waals surface area contributed by atoms with Crippen LogP contribution in [0.1, 0.15) is 17.2 Å². The fourth-order valence-corrected chi connectivity index (χ4v) is 2.82. The van der Waals surface area contributed by atoms with Crippen molar-refractivity contribution in [1.29, 1.82) is 0 Å². The first kappa shape index (κ1) is 14.7. The van der Waals surface area contributed by atoms with E-state index in [1.54, 1.807) is 10.9 Å². The van der Waals surface area contributed by atoms with Gasteiger partial charge in [0, 0.05) is 31.0 Å². The number of ether oxygens (including phenoxy) is 1. The summed E-state index contributed by atoms with van der Waals surface area (Å²) in [6.07, 6.45) is 3.52. The zero-order chi connectivity index (χ0) is 15.5. The van der Waals surface area contributed by atoms with Crippen LogP contribution in [0.4, 0.5) is 0 Å². The Morgan fingerprint density at radius 3 is 2.77 bits per heavy atom. The molecule has 1 N–H and O–H groups in total. The van der Waals surface area contributed by atoms with Crippen LogP contribution in [0, 0.1) is 6.92 Å². The van der Waals surface area contributed by atoms with Crippen LogP contribution in [0.25, 0.3) is 5.69 Å². The van der Waals surface area contributed by atoms with Crippen molar-refractivity contribution in [3.8, 4) is 5.69 Å². The van der Waals surface area contributed by atoms with Crippen molar-refractivity contribution >= 4 is 5.97 Å². The molecule has 0 unspecified atom stereocenters. The summed E-state index contributed by atoms with van der Waals surface area (Å²) in [5.74, 6) is -0.848. The van der Waals surface area contributed by atoms with Crippen LogP contribution < -0.4 is 0 Å². The molecule has 0 spiro atoms. The number of aromatic nitrogens is 2. The lowest BCUT2D eigenvalue weighted by molar-refractivity contribution is -0.145. The van der Waals surface area contributed by atoms with Crippen LogP contribution in [0.2, 0.25) is 0 Å². The van der Waals surface area contributed by atoms with Gasteiger partial charge in [0.1, 0.15) is 6.04 Å². The predicted octanol–water partition coefficient (Wildman–Crippen LogP) is 1.64. The van der Waals surface area contributed by atoms with Crippen LogP contribution in [0.3, 0.4) is 0 Å². The summed E-state index contributed by atoms with van der Waals surface area (Å²) in [5, 5.41) is 14.0. The monoisotopic (exact) mass is 301 g/mol. The highest BCUT2D eigenvalue weighted by Crippen LogP contribution is 2.28. The van der Waals surface area contributed by atoms with E-state index in [9.17, 15) is 9.90 Å². The Kier molecular flexibility index (Phi) is 4.22. The molecular formula is C16H19N3O3. The van der Waals surface area contributed by atoms with Gasteiger partial charge in [-0.3, -0.25) is 9.69 Å². The number of carboxylic acids is 1. The molecule has 2 aromatic rings. The van der Waals surface area contributed by atoms with Crippen molar-refractivity contribution in [1.82, 2.24) is 14.7 Å². The third-order valence-electron chi connectivity index (χ3n) is 3.88. The summed E-state index contributed by atoms with van der Waals surface area (Å²) in [4.78, 5) is 13.8. The lowest BCUT2D eigenvalue weighted by Gasteiger charge is -2.33. The van der Waals surface area contributed by atoms with Crippen LogP contribution in [0.15, 0.2) is 36.7 Å². The standard InChI is InChI=1S/C16H19N3O3/c1-12-3-4-13(14(11-12)19-6-2-5-17-19)15(16(20)21)18-7-9-22-10-8-18/h2-6,11,15H,7-10H2,1H3,(H,20,21)/t15-/m0/s1. The zero-order valence-corrected chi connectivity index (χ0v) is 12.5. The number of morpholine rings is 1. The normalized spacial score (nSPS) is 17.3. The molecule has 22 heavy (non-hydrogen) atoms. The Bertz CT molecular complexity index is 649. The van der Waals surface area contributed by atoms with Crippen molar-refractivity contribution < 1.29 is 14.6 Å². The number of aryl methyl sites for hydroxylation is 1. The summed E-state index contributed by atoms with van der Waals surface area (Å²) < 4.78 is 7.06. The van der Waals surface area contributed by atoms with Gasteiger partial charge < -0.3 is 9.84 Å². The van der Waals surface area contributed by atoms with Crippen molar-refractivity contribution in [3.63, 3.8) is 0 Å². The highest BCUT2D eigenvalue weighted by molar-refractivity contribution is 5.77. The molecule has 1 fully saturated rings. The Morgan fingerprint density at radius 1 is 1.36 bits per heavy atom. The van der Waals surface area contributed by atoms with E-state index in [-0.39, 0.29) is 0 Å². The van der Waals surface area contributed by atoms with Crippen molar-refractivity contribution in [2.45, 2.75) is 13.0 Å². The van der Waals surface area contributed by atoms with Gasteiger partial charge in [-0.1, -0.05) is 12.1 Å². The molecule has 3 rings (SSSR count). The number of carboxylic acid groups (broad SMARTS) is 1. The topological polar surface area (TPSA) is 67.6 Å². The van der Waals surface area contributed by atoms with Gasteiger partial charge in [0.15, 0.2) is 0 Å². The maximum Gasteiger partial charge on any atom is 0.325 e. The lowest BCUT2D eigenvalue weighted by atomic mass is 10.0. The van der Waals surface area contributed by atoms with Gasteiger partial charge >= 0.3 is 5.97 Å². The number of rotatable bonds is 4. The molecule has 1 aromatic heterocycles. The number of hydrogen-bond donors (Lipinski definition) is 1. The molecule has 1 aliphatic heterocycles. The van der Waals surface area contributed by atoms with Gasteiger partial charge in [0.05, 0.1) is 18.9 Å². The van der Waals surface area contributed by atoms with E-state index in [1.807, 2.05) is 42.3 Å². The zero-order valence-electron chi connectivity index (χ0n) is 12.5. The molecule has 1 aromatic carbocycles. The quantitative estimate of drug-likeness (QED) is 0.930. The van der Waals surface area contributed by atoms with Crippen LogP contribution >= 0.6 is 0 Å². The minimum atomic E-state index is -0.848. The molecule has 2 heterocycles. The van der Waals surface area contributed by atoms with Crippen LogP contribution in [-0.2, 0) is 9.53 Å². The van der Waals surface area contributed by atoms with E-state index in [4.69, 9.17) is 4.74 Å². The molecule has 116 valence electrons. The molecule has 0 aliphatic carbocycles. The summed E-state index contributed by atoms with van der Waals surface area (Å²) in [6, 6.07) is 6.94. The smallest absolute Gasteiger partial charge is 0.325 e. The molecule has 1 saturated heterocycles. The first-order valence-corrected chi connectivity index (χ1v) is 7.32. The Labute approximate surface area is 128 Å². The molecular weight excluding hydrogens is 282 g/mol. The molecule has 0 bridgehead atoms. The fourth-order valence-electron chi connectivity index (χ4n) is 2.82. The highest BCUT2D eigenvalue weighted by Gasteiger charge is 2.31. The second kappa shape index (κ2) is 6.29. The lowest BCUT2D eigenvalue weighted by Crippen LogP contribution is -2.42. The Balaban J connectivity index is 2.06. The van der Waals surface area contributed by atoms with Gasteiger partial charge in [-0.15, -0.1) is 0 Å². The predicted molar refractivity (Wildman–Crippen MR) is 81.1 cm³/mol. The second-order valence-electron chi connectivity index (χ2n) is 5.40. The van der Waals surface area contributed by atoms with E-state index in [0.29, 0.717) is 26.3 Å². The molecule has 1 aliphatic rings. The Hall–Kier alpha value is -2.18. The molecule has 0 radical (unpaired) electrons. The number of aliphatic carboxylic acids is 1. The fraction of sp³-hybridized carbons (Fsp3) is 0.375. The highest BCUT2D eigenvalue weighted by atomic mass is 16.5. The average molecular weight is 301 g/mol. The third-order valence-corrected chi connectivity index (χ3v) is 3.88. The minimum absolute atomic E-state index is 0.562. The van der Waals surface area contributed by atoms with Gasteiger partial charge in [0.25, 0.3) is 0 Å². The van der Waals surface area contributed by atoms with Crippen molar-refractivity contribution in [2.75, 3.05) is 26.3 Å². The largest absolute Gasteiger partial charge is 0.480 e. The average Bonchev–Trinajstić information content (AvgIpc) is 3.04. The van der Waals surface area contributed by atoms with Gasteiger partial charge in [-0.2, -0.15) is 5.10 Å². The molecule has 0 amide bonds. The first-order valence-electron chi connectivity index (χ1n) is 7.32. The van der Waals surface area contributed by atoms with Gasteiger partial charge in [-0.05, 0) is 24.6 Å². The number of nitrogens with zero attached hydrogens (tertiary/aromatic N) is 3. The third kappa shape index (κ3) is 2.88. The molecule has 0 saturated carbocycles. The van der Waals surface area contributed by atoms with E-state index in [1.165, 1.54) is 0 Å². The van der Waals surface area contributed by atoms with Gasteiger partial charge in [0.2, 0.25) is 0 Å². The summed E-state index contributed by atoms with van der Waals surface area (Å²) in [7, 11) is 0. The van der Waals surface area contributed by atoms with E-state index in [2.05, 4.69) is 5.10 Å². The van der Waals surface area contributed by atoms with Crippen LogP contribution in [-0.4, -0.2) is 52.1 Å². The number of benzene rings is 1. The van der Waals surface area contributed by atoms with Crippen molar-refractivity contribution in [3.05, 3.63) is 47.8 Å². The van der Waals surface area contributed by atoms with Gasteiger partial charge in [-0.25, -0.2) is 4.68 Å². The van der Waals surface area contributed by atoms with Crippen LogP contribution in [0.5, 0.6) is 0 Å². The molecule has 6 heteroatoms. The summed E-state index contributed by atoms with van der Waals surface area (Å²) >= 11 is 0. The Morgan fingerprint density at radius 2 is 2.14 bits per heavy atom. The molecule has 6 nitrogen and oxygen atoms in total. The van der Waals surface area contributed by atoms with E-state index in [0.717, 1.165) is 16.8 Å². The number of carbonyl (C=O) groups is 1. The van der Waals surface area contributed by atoms with E-state index >= 15 is 0 Å². The summed E-state index contributed by atoms with van der Waals surface area (Å²) in [6.45, 7) is 4.34. The number of hydrogen-bond acceptors (Lipinski definition) is 4. The molecule has 1 atom stereocenters. The second-order valence-corrected chi connectivity index (χ2v) is 5.40. The van der Waals surface area contributed by atoms with E-state index < -0.39 is 12.0 Å². The van der Waals surface area contributed by atoms with Crippen molar-refractivity contribution in [2.24, 2.45) is 0 Å². The minimum Gasteiger partial charge on any atom is -0.480 e. The first-order chi connectivity index (χ1) is 10.7. The maximum absolute atomic E-state index is 11.9. The summed E-state index contributed by atoms with van der Waals surface area (Å²) in [5.41, 5.74) is 2.63.